The molecule has 1 aliphatic rings. The van der Waals surface area contributed by atoms with Crippen LogP contribution < -0.4 is 11.1 Å². The van der Waals surface area contributed by atoms with Crippen LogP contribution in [0.4, 0.5) is 11.5 Å². The first-order valence-electron chi connectivity index (χ1n) is 9.07. The molecule has 0 atom stereocenters. The second-order valence-electron chi connectivity index (χ2n) is 6.75. The van der Waals surface area contributed by atoms with E-state index in [9.17, 15) is 5.11 Å². The van der Waals surface area contributed by atoms with Crippen LogP contribution in [0.1, 0.15) is 35.7 Å². The molecule has 1 aromatic heterocycles. The van der Waals surface area contributed by atoms with Crippen LogP contribution in [0.5, 0.6) is 5.75 Å². The largest absolute Gasteiger partial charge is 0.503 e. The number of nitrogens with one attached hydrogen (secondary N) is 1. The van der Waals surface area contributed by atoms with Gasteiger partial charge >= 0.3 is 0 Å². The van der Waals surface area contributed by atoms with Crippen molar-refractivity contribution in [3.8, 4) is 17.0 Å². The van der Waals surface area contributed by atoms with Gasteiger partial charge in [0, 0.05) is 23.7 Å². The molecule has 0 unspecified atom stereocenters. The van der Waals surface area contributed by atoms with Crippen LogP contribution in [0.25, 0.3) is 17.3 Å². The lowest BCUT2D eigenvalue weighted by atomic mass is 10.1. The van der Waals surface area contributed by atoms with Crippen LogP contribution >= 0.6 is 0 Å². The summed E-state index contributed by atoms with van der Waals surface area (Å²) in [6, 6.07) is 15.6. The standard InChI is InChI=1S/C22H22N4O/c1-2-14-3-7-16(8-4-14)19-20(27)22(26-21(25-19)17-9-10-17)24-18-11-5-15(13-23)6-12-18/h2-8,11-12,17,27H,1,9-10,13,23H2,(H,24,25,26). The average Bonchev–Trinajstić information content (AvgIpc) is 3.55. The molecule has 4 rings (SSSR count). The summed E-state index contributed by atoms with van der Waals surface area (Å²) >= 11 is 0. The van der Waals surface area contributed by atoms with Gasteiger partial charge in [-0.05, 0) is 36.1 Å². The topological polar surface area (TPSA) is 84.1 Å². The van der Waals surface area contributed by atoms with Gasteiger partial charge in [-0.3, -0.25) is 0 Å². The molecular formula is C22H22N4O. The van der Waals surface area contributed by atoms with Crippen LogP contribution in [-0.2, 0) is 6.54 Å². The van der Waals surface area contributed by atoms with Gasteiger partial charge in [-0.2, -0.15) is 0 Å². The maximum Gasteiger partial charge on any atom is 0.185 e. The summed E-state index contributed by atoms with van der Waals surface area (Å²) in [6.07, 6.45) is 3.96. The summed E-state index contributed by atoms with van der Waals surface area (Å²) in [5, 5.41) is 14.1. The molecule has 0 radical (unpaired) electrons. The van der Waals surface area contributed by atoms with Crippen molar-refractivity contribution in [1.29, 1.82) is 0 Å². The second-order valence-corrected chi connectivity index (χ2v) is 6.75. The highest BCUT2D eigenvalue weighted by atomic mass is 16.3. The van der Waals surface area contributed by atoms with Crippen molar-refractivity contribution in [3.05, 3.63) is 72.1 Å². The van der Waals surface area contributed by atoms with E-state index in [2.05, 4.69) is 21.9 Å². The Morgan fingerprint density at radius 2 is 1.78 bits per heavy atom. The van der Waals surface area contributed by atoms with Crippen molar-refractivity contribution in [2.75, 3.05) is 5.32 Å². The zero-order valence-corrected chi connectivity index (χ0v) is 15.0. The van der Waals surface area contributed by atoms with Crippen LogP contribution in [0, 0.1) is 0 Å². The monoisotopic (exact) mass is 358 g/mol. The van der Waals surface area contributed by atoms with Gasteiger partial charge in [0.1, 0.15) is 11.5 Å². The number of benzene rings is 2. The van der Waals surface area contributed by atoms with E-state index in [-0.39, 0.29) is 5.75 Å². The number of nitrogens with zero attached hydrogens (tertiary/aromatic N) is 2. The Morgan fingerprint density at radius 1 is 1.07 bits per heavy atom. The van der Waals surface area contributed by atoms with Gasteiger partial charge in [0.05, 0.1) is 0 Å². The van der Waals surface area contributed by atoms with E-state index in [1.165, 1.54) is 0 Å². The molecule has 0 saturated heterocycles. The first kappa shape index (κ1) is 17.2. The van der Waals surface area contributed by atoms with Crippen molar-refractivity contribution >= 4 is 17.6 Å². The summed E-state index contributed by atoms with van der Waals surface area (Å²) in [5.41, 5.74) is 9.97. The van der Waals surface area contributed by atoms with Crippen LogP contribution in [0.2, 0.25) is 0 Å². The van der Waals surface area contributed by atoms with Gasteiger partial charge < -0.3 is 16.2 Å². The number of anilines is 2. The van der Waals surface area contributed by atoms with Crippen molar-refractivity contribution in [2.45, 2.75) is 25.3 Å². The molecule has 2 aromatic carbocycles. The van der Waals surface area contributed by atoms with Crippen LogP contribution in [0.3, 0.4) is 0 Å². The van der Waals surface area contributed by atoms with E-state index in [0.717, 1.165) is 41.0 Å². The van der Waals surface area contributed by atoms with E-state index in [1.54, 1.807) is 6.08 Å². The molecule has 3 aromatic rings. The maximum absolute atomic E-state index is 10.8. The maximum atomic E-state index is 10.8. The van der Waals surface area contributed by atoms with Gasteiger partial charge in [-0.25, -0.2) is 9.97 Å². The van der Waals surface area contributed by atoms with E-state index in [1.807, 2.05) is 48.5 Å². The number of hydrogen-bond acceptors (Lipinski definition) is 5. The lowest BCUT2D eigenvalue weighted by Crippen LogP contribution is -2.03. The molecule has 1 heterocycles. The Bertz CT molecular complexity index is 961. The zero-order valence-electron chi connectivity index (χ0n) is 15.0. The molecule has 0 amide bonds. The Balaban J connectivity index is 1.73. The third kappa shape index (κ3) is 3.68. The van der Waals surface area contributed by atoms with Gasteiger partial charge in [-0.1, -0.05) is 49.1 Å². The fourth-order valence-electron chi connectivity index (χ4n) is 2.92. The summed E-state index contributed by atoms with van der Waals surface area (Å²) in [4.78, 5) is 9.23. The Hall–Kier alpha value is -3.18. The normalized spacial score (nSPS) is 13.4. The molecule has 4 N–H and O–H groups in total. The minimum Gasteiger partial charge on any atom is -0.503 e. The van der Waals surface area contributed by atoms with Gasteiger partial charge in [-0.15, -0.1) is 0 Å². The number of nitrogens with two attached hydrogens (primary N) is 1. The number of aromatic hydroxyl groups is 1. The summed E-state index contributed by atoms with van der Waals surface area (Å²) in [5.74, 6) is 1.62. The third-order valence-corrected chi connectivity index (χ3v) is 4.72. The van der Waals surface area contributed by atoms with Crippen LogP contribution in [-0.4, -0.2) is 15.1 Å². The molecule has 136 valence electrons. The van der Waals surface area contributed by atoms with Gasteiger partial charge in [0.2, 0.25) is 0 Å². The van der Waals surface area contributed by atoms with E-state index in [4.69, 9.17) is 5.73 Å². The van der Waals surface area contributed by atoms with E-state index in [0.29, 0.717) is 24.0 Å². The van der Waals surface area contributed by atoms with Gasteiger partial charge in [0.15, 0.2) is 11.6 Å². The fourth-order valence-corrected chi connectivity index (χ4v) is 2.92. The van der Waals surface area contributed by atoms with Crippen molar-refractivity contribution in [2.24, 2.45) is 5.73 Å². The molecule has 1 fully saturated rings. The molecule has 1 aliphatic carbocycles. The minimum atomic E-state index is 0.0497. The van der Waals surface area contributed by atoms with E-state index >= 15 is 0 Å². The first-order valence-corrected chi connectivity index (χ1v) is 9.07. The molecule has 0 bridgehead atoms. The fraction of sp³-hybridized carbons (Fsp3) is 0.182. The lowest BCUT2D eigenvalue weighted by Gasteiger charge is -2.13. The predicted molar refractivity (Wildman–Crippen MR) is 109 cm³/mol. The molecular weight excluding hydrogens is 336 g/mol. The van der Waals surface area contributed by atoms with E-state index < -0.39 is 0 Å². The first-order chi connectivity index (χ1) is 13.2. The highest BCUT2D eigenvalue weighted by molar-refractivity contribution is 5.75. The SMILES string of the molecule is C=Cc1ccc(-c2nc(C3CC3)nc(Nc3ccc(CN)cc3)c2O)cc1. The Kier molecular flexibility index (Phi) is 4.60. The second kappa shape index (κ2) is 7.21. The average molecular weight is 358 g/mol. The number of aromatic nitrogens is 2. The highest BCUT2D eigenvalue weighted by Gasteiger charge is 2.29. The predicted octanol–water partition coefficient (Wildman–Crippen LogP) is 4.57. The van der Waals surface area contributed by atoms with Gasteiger partial charge in [0.25, 0.3) is 0 Å². The molecule has 5 nitrogen and oxygen atoms in total. The lowest BCUT2D eigenvalue weighted by molar-refractivity contribution is 0.474. The molecule has 0 aliphatic heterocycles. The third-order valence-electron chi connectivity index (χ3n) is 4.72. The van der Waals surface area contributed by atoms with Crippen LogP contribution in [0.15, 0.2) is 55.1 Å². The smallest absolute Gasteiger partial charge is 0.185 e. The zero-order chi connectivity index (χ0) is 18.8. The molecule has 27 heavy (non-hydrogen) atoms. The summed E-state index contributed by atoms with van der Waals surface area (Å²) < 4.78 is 0. The highest BCUT2D eigenvalue weighted by Crippen LogP contribution is 2.42. The van der Waals surface area contributed by atoms with Crippen molar-refractivity contribution in [3.63, 3.8) is 0 Å². The van der Waals surface area contributed by atoms with Crippen molar-refractivity contribution in [1.82, 2.24) is 9.97 Å². The Morgan fingerprint density at radius 3 is 2.37 bits per heavy atom. The van der Waals surface area contributed by atoms with Crippen molar-refractivity contribution < 1.29 is 5.11 Å². The summed E-state index contributed by atoms with van der Waals surface area (Å²) in [7, 11) is 0. The quantitative estimate of drug-likeness (QED) is 0.601. The summed E-state index contributed by atoms with van der Waals surface area (Å²) in [6.45, 7) is 4.27. The molecule has 1 saturated carbocycles. The molecule has 0 spiro atoms. The number of hydrogen-bond donors (Lipinski definition) is 3. The number of rotatable bonds is 6. The molecule has 5 heteroatoms. The minimum absolute atomic E-state index is 0.0497. The Labute approximate surface area is 158 Å².